The van der Waals surface area contributed by atoms with Crippen LogP contribution >= 0.6 is 0 Å². The van der Waals surface area contributed by atoms with Crippen molar-refractivity contribution in [2.75, 3.05) is 6.61 Å². The third-order valence-electron chi connectivity index (χ3n) is 3.10. The van der Waals surface area contributed by atoms with E-state index in [1.54, 1.807) is 0 Å². The molecule has 0 amide bonds. The number of ketones is 1. The van der Waals surface area contributed by atoms with Crippen LogP contribution in [-0.2, 0) is 0 Å². The van der Waals surface area contributed by atoms with Gasteiger partial charge < -0.3 is 4.74 Å². The molecule has 0 aliphatic carbocycles. The van der Waals surface area contributed by atoms with Crippen LogP contribution in [0.4, 0.5) is 5.69 Å². The number of hydrogen-bond acceptors (Lipinski definition) is 4. The van der Waals surface area contributed by atoms with E-state index in [1.807, 2.05) is 32.0 Å². The molecule has 5 heteroatoms. The summed E-state index contributed by atoms with van der Waals surface area (Å²) in [6.45, 7) is 3.76. The molecular weight excluding hydrogens is 270 g/mol. The van der Waals surface area contributed by atoms with Gasteiger partial charge in [0.2, 0.25) is 0 Å². The molecule has 21 heavy (non-hydrogen) atoms. The van der Waals surface area contributed by atoms with Gasteiger partial charge in [-0.15, -0.1) is 0 Å². The lowest BCUT2D eigenvalue weighted by molar-refractivity contribution is -0.384. The fourth-order valence-corrected chi connectivity index (χ4v) is 1.86. The van der Waals surface area contributed by atoms with Gasteiger partial charge in [0.05, 0.1) is 4.92 Å². The second kappa shape index (κ2) is 6.17. The number of nitro groups is 1. The Morgan fingerprint density at radius 3 is 2.43 bits per heavy atom. The summed E-state index contributed by atoms with van der Waals surface area (Å²) in [4.78, 5) is 22.1. The standard InChI is InChI=1S/C16H15NO4/c1-11-3-4-12(2)16(9-11)21-10-15(18)13-5-7-14(8-6-13)17(19)20/h3-9H,10H2,1-2H3. The number of ether oxygens (including phenoxy) is 1. The lowest BCUT2D eigenvalue weighted by atomic mass is 10.1. The van der Waals surface area contributed by atoms with Gasteiger partial charge in [-0.2, -0.15) is 0 Å². The van der Waals surface area contributed by atoms with Crippen LogP contribution in [0.15, 0.2) is 42.5 Å². The van der Waals surface area contributed by atoms with Gasteiger partial charge in [0, 0.05) is 17.7 Å². The molecule has 108 valence electrons. The molecule has 0 aromatic heterocycles. The Labute approximate surface area is 122 Å². The molecule has 5 nitrogen and oxygen atoms in total. The van der Waals surface area contributed by atoms with Crippen molar-refractivity contribution in [1.29, 1.82) is 0 Å². The first-order valence-corrected chi connectivity index (χ1v) is 6.45. The fraction of sp³-hybridized carbons (Fsp3) is 0.188. The molecule has 0 saturated carbocycles. The number of carbonyl (C=O) groups excluding carboxylic acids is 1. The normalized spacial score (nSPS) is 10.2. The highest BCUT2D eigenvalue weighted by Crippen LogP contribution is 2.19. The number of benzene rings is 2. The Morgan fingerprint density at radius 1 is 1.14 bits per heavy atom. The van der Waals surface area contributed by atoms with Gasteiger partial charge in [0.1, 0.15) is 5.75 Å². The molecule has 0 fully saturated rings. The summed E-state index contributed by atoms with van der Waals surface area (Å²) < 4.78 is 5.53. The van der Waals surface area contributed by atoms with E-state index in [0.29, 0.717) is 11.3 Å². The summed E-state index contributed by atoms with van der Waals surface area (Å²) >= 11 is 0. The molecule has 2 rings (SSSR count). The van der Waals surface area contributed by atoms with Crippen LogP contribution in [0.3, 0.4) is 0 Å². The van der Waals surface area contributed by atoms with Gasteiger partial charge in [0.25, 0.3) is 5.69 Å². The highest BCUT2D eigenvalue weighted by Gasteiger charge is 2.11. The van der Waals surface area contributed by atoms with Crippen molar-refractivity contribution in [1.82, 2.24) is 0 Å². The van der Waals surface area contributed by atoms with E-state index in [4.69, 9.17) is 4.74 Å². The highest BCUT2D eigenvalue weighted by molar-refractivity contribution is 5.97. The van der Waals surface area contributed by atoms with Crippen molar-refractivity contribution in [3.63, 3.8) is 0 Å². The zero-order valence-corrected chi connectivity index (χ0v) is 11.8. The summed E-state index contributed by atoms with van der Waals surface area (Å²) in [5.74, 6) is 0.455. The average molecular weight is 285 g/mol. The van der Waals surface area contributed by atoms with Crippen LogP contribution in [0, 0.1) is 24.0 Å². The Balaban J connectivity index is 2.04. The van der Waals surface area contributed by atoms with E-state index in [1.165, 1.54) is 24.3 Å². The first-order chi connectivity index (χ1) is 9.97. The van der Waals surface area contributed by atoms with Crippen LogP contribution in [-0.4, -0.2) is 17.3 Å². The second-order valence-corrected chi connectivity index (χ2v) is 4.78. The summed E-state index contributed by atoms with van der Waals surface area (Å²) in [6, 6.07) is 11.3. The largest absolute Gasteiger partial charge is 0.485 e. The van der Waals surface area contributed by atoms with Gasteiger partial charge in [-0.1, -0.05) is 12.1 Å². The van der Waals surface area contributed by atoms with Gasteiger partial charge in [-0.3, -0.25) is 14.9 Å². The molecule has 0 spiro atoms. The quantitative estimate of drug-likeness (QED) is 0.479. The first-order valence-electron chi connectivity index (χ1n) is 6.45. The Hall–Kier alpha value is -2.69. The topological polar surface area (TPSA) is 69.4 Å². The van der Waals surface area contributed by atoms with Crippen molar-refractivity contribution in [2.24, 2.45) is 0 Å². The lowest BCUT2D eigenvalue weighted by Crippen LogP contribution is -2.12. The predicted molar refractivity (Wildman–Crippen MR) is 78.8 cm³/mol. The number of nitrogens with zero attached hydrogens (tertiary/aromatic N) is 1. The molecular formula is C16H15NO4. The molecule has 0 radical (unpaired) electrons. The minimum Gasteiger partial charge on any atom is -0.485 e. The van der Waals surface area contributed by atoms with E-state index in [9.17, 15) is 14.9 Å². The third-order valence-corrected chi connectivity index (χ3v) is 3.10. The van der Waals surface area contributed by atoms with Gasteiger partial charge in [-0.05, 0) is 43.2 Å². The monoisotopic (exact) mass is 285 g/mol. The number of rotatable bonds is 5. The minimum absolute atomic E-state index is 0.0398. The summed E-state index contributed by atoms with van der Waals surface area (Å²) in [7, 11) is 0. The Kier molecular flexibility index (Phi) is 4.33. The average Bonchev–Trinajstić information content (AvgIpc) is 2.48. The molecule has 0 N–H and O–H groups in total. The molecule has 2 aromatic rings. The molecule has 0 aliphatic rings. The van der Waals surface area contributed by atoms with E-state index in [0.717, 1.165) is 11.1 Å². The molecule has 0 heterocycles. The van der Waals surface area contributed by atoms with Crippen molar-refractivity contribution in [3.8, 4) is 5.75 Å². The van der Waals surface area contributed by atoms with Crippen molar-refractivity contribution >= 4 is 11.5 Å². The van der Waals surface area contributed by atoms with Gasteiger partial charge in [-0.25, -0.2) is 0 Å². The maximum atomic E-state index is 12.0. The second-order valence-electron chi connectivity index (χ2n) is 4.78. The fourth-order valence-electron chi connectivity index (χ4n) is 1.86. The molecule has 0 atom stereocenters. The van der Waals surface area contributed by atoms with Crippen molar-refractivity contribution in [2.45, 2.75) is 13.8 Å². The van der Waals surface area contributed by atoms with Gasteiger partial charge in [0.15, 0.2) is 12.4 Å². The van der Waals surface area contributed by atoms with Crippen LogP contribution < -0.4 is 4.74 Å². The summed E-state index contributed by atoms with van der Waals surface area (Å²) in [6.07, 6.45) is 0. The number of hydrogen-bond donors (Lipinski definition) is 0. The van der Waals surface area contributed by atoms with E-state index in [2.05, 4.69) is 0 Å². The zero-order valence-electron chi connectivity index (χ0n) is 11.8. The zero-order chi connectivity index (χ0) is 15.4. The minimum atomic E-state index is -0.499. The number of carbonyl (C=O) groups is 1. The van der Waals surface area contributed by atoms with Crippen LogP contribution in [0.25, 0.3) is 0 Å². The van der Waals surface area contributed by atoms with Gasteiger partial charge >= 0.3 is 0 Å². The highest BCUT2D eigenvalue weighted by atomic mass is 16.6. The van der Waals surface area contributed by atoms with Crippen LogP contribution in [0.1, 0.15) is 21.5 Å². The lowest BCUT2D eigenvalue weighted by Gasteiger charge is -2.09. The number of Topliss-reactive ketones (excluding diaryl/α,β-unsaturated/α-hetero) is 1. The van der Waals surface area contributed by atoms with E-state index < -0.39 is 4.92 Å². The predicted octanol–water partition coefficient (Wildman–Crippen LogP) is 3.47. The molecule has 0 unspecified atom stereocenters. The Morgan fingerprint density at radius 2 is 1.81 bits per heavy atom. The molecule has 2 aromatic carbocycles. The molecule has 0 saturated heterocycles. The van der Waals surface area contributed by atoms with Crippen molar-refractivity contribution < 1.29 is 14.5 Å². The summed E-state index contributed by atoms with van der Waals surface area (Å²) in [5, 5.41) is 10.6. The maximum Gasteiger partial charge on any atom is 0.269 e. The van der Waals surface area contributed by atoms with E-state index in [-0.39, 0.29) is 18.1 Å². The number of non-ortho nitro benzene ring substituents is 1. The molecule has 0 aliphatic heterocycles. The van der Waals surface area contributed by atoms with E-state index >= 15 is 0 Å². The number of nitro benzene ring substituents is 1. The third kappa shape index (κ3) is 3.66. The summed E-state index contributed by atoms with van der Waals surface area (Å²) in [5.41, 5.74) is 2.36. The SMILES string of the molecule is Cc1ccc(C)c(OCC(=O)c2ccc([N+](=O)[O-])cc2)c1. The molecule has 0 bridgehead atoms. The van der Waals surface area contributed by atoms with Crippen molar-refractivity contribution in [3.05, 3.63) is 69.3 Å². The van der Waals surface area contributed by atoms with Crippen LogP contribution in [0.5, 0.6) is 5.75 Å². The first kappa shape index (κ1) is 14.7. The smallest absolute Gasteiger partial charge is 0.269 e. The van der Waals surface area contributed by atoms with Crippen LogP contribution in [0.2, 0.25) is 0 Å². The Bertz CT molecular complexity index is 677. The maximum absolute atomic E-state index is 12.0. The number of aryl methyl sites for hydroxylation is 2.